The van der Waals surface area contributed by atoms with Gasteiger partial charge in [0.1, 0.15) is 0 Å². The highest BCUT2D eigenvalue weighted by Crippen LogP contribution is 2.32. The molecule has 2 aliphatic heterocycles. The van der Waals surface area contributed by atoms with Crippen molar-refractivity contribution < 1.29 is 9.90 Å². The van der Waals surface area contributed by atoms with Crippen LogP contribution < -0.4 is 0 Å². The number of aliphatic hydroxyl groups is 1. The first-order valence-electron chi connectivity index (χ1n) is 9.23. The Morgan fingerprint density at radius 2 is 1.88 bits per heavy atom. The maximum absolute atomic E-state index is 12.9. The van der Waals surface area contributed by atoms with Crippen LogP contribution >= 0.6 is 0 Å². The smallest absolute Gasteiger partial charge is 0.226 e. The standard InChI is InChI=1S/C20H25N3O2/c24-19(15-4-2-1-3-5-15)16-6-9-22(10-7-16)20(25)17-8-11-23-14-21-13-18(23)12-17/h1-5,13-14,16-17,19,24H,6-12H2. The Morgan fingerprint density at radius 1 is 1.12 bits per heavy atom. The average Bonchev–Trinajstić information content (AvgIpc) is 3.15. The van der Waals surface area contributed by atoms with E-state index in [0.29, 0.717) is 0 Å². The Morgan fingerprint density at radius 3 is 2.64 bits per heavy atom. The molecule has 1 aromatic carbocycles. The summed E-state index contributed by atoms with van der Waals surface area (Å²) in [4.78, 5) is 19.0. The van der Waals surface area contributed by atoms with Gasteiger partial charge in [-0.2, -0.15) is 0 Å². The van der Waals surface area contributed by atoms with Crippen molar-refractivity contribution in [3.8, 4) is 0 Å². The topological polar surface area (TPSA) is 58.4 Å². The zero-order valence-electron chi connectivity index (χ0n) is 14.4. The molecular weight excluding hydrogens is 314 g/mol. The highest BCUT2D eigenvalue weighted by molar-refractivity contribution is 5.79. The molecule has 2 atom stereocenters. The number of aryl methyl sites for hydroxylation is 1. The van der Waals surface area contributed by atoms with Crippen LogP contribution in [0.25, 0.3) is 0 Å². The number of aromatic nitrogens is 2. The first-order valence-corrected chi connectivity index (χ1v) is 9.23. The summed E-state index contributed by atoms with van der Waals surface area (Å²) in [7, 11) is 0. The minimum absolute atomic E-state index is 0.0831. The first-order chi connectivity index (χ1) is 12.2. The van der Waals surface area contributed by atoms with Gasteiger partial charge in [0, 0.05) is 43.9 Å². The zero-order valence-corrected chi connectivity index (χ0v) is 14.4. The summed E-state index contributed by atoms with van der Waals surface area (Å²) in [6, 6.07) is 9.85. The Bertz CT molecular complexity index is 720. The first kappa shape index (κ1) is 16.3. The normalized spacial score (nSPS) is 22.4. The number of carbonyl (C=O) groups is 1. The minimum atomic E-state index is -0.428. The van der Waals surface area contributed by atoms with Crippen molar-refractivity contribution in [2.45, 2.75) is 38.3 Å². The fourth-order valence-corrected chi connectivity index (χ4v) is 4.20. The second-order valence-corrected chi connectivity index (χ2v) is 7.29. The number of imidazole rings is 1. The monoisotopic (exact) mass is 339 g/mol. The molecule has 1 amide bonds. The molecule has 5 heteroatoms. The second-order valence-electron chi connectivity index (χ2n) is 7.29. The van der Waals surface area contributed by atoms with Crippen molar-refractivity contribution >= 4 is 5.91 Å². The van der Waals surface area contributed by atoms with Crippen LogP contribution in [0.15, 0.2) is 42.9 Å². The van der Waals surface area contributed by atoms with E-state index in [-0.39, 0.29) is 17.7 Å². The molecule has 25 heavy (non-hydrogen) atoms. The third-order valence-corrected chi connectivity index (χ3v) is 5.76. The van der Waals surface area contributed by atoms with Crippen LogP contribution in [0.3, 0.4) is 0 Å². The zero-order chi connectivity index (χ0) is 17.2. The molecule has 5 nitrogen and oxygen atoms in total. The van der Waals surface area contributed by atoms with Crippen LogP contribution in [0.4, 0.5) is 0 Å². The van der Waals surface area contributed by atoms with E-state index in [1.165, 1.54) is 5.69 Å². The maximum atomic E-state index is 12.9. The molecule has 2 aliphatic rings. The molecule has 2 unspecified atom stereocenters. The molecule has 1 aromatic heterocycles. The number of aliphatic hydroxyl groups excluding tert-OH is 1. The van der Waals surface area contributed by atoms with E-state index in [4.69, 9.17) is 0 Å². The van der Waals surface area contributed by atoms with Crippen molar-refractivity contribution in [2.24, 2.45) is 11.8 Å². The number of carbonyl (C=O) groups excluding carboxylic acids is 1. The molecule has 1 saturated heterocycles. The number of rotatable bonds is 3. The van der Waals surface area contributed by atoms with Gasteiger partial charge in [-0.05, 0) is 30.7 Å². The van der Waals surface area contributed by atoms with Gasteiger partial charge in [-0.25, -0.2) is 4.98 Å². The Labute approximate surface area is 148 Å². The number of hydrogen-bond acceptors (Lipinski definition) is 3. The molecule has 0 bridgehead atoms. The molecule has 1 N–H and O–H groups in total. The number of benzene rings is 1. The van der Waals surface area contributed by atoms with Crippen molar-refractivity contribution in [3.05, 3.63) is 54.1 Å². The molecule has 0 spiro atoms. The van der Waals surface area contributed by atoms with Gasteiger partial charge in [0.05, 0.1) is 12.4 Å². The molecule has 0 saturated carbocycles. The van der Waals surface area contributed by atoms with Crippen molar-refractivity contribution in [1.82, 2.24) is 14.5 Å². The van der Waals surface area contributed by atoms with E-state index < -0.39 is 6.10 Å². The van der Waals surface area contributed by atoms with E-state index in [1.807, 2.05) is 47.8 Å². The van der Waals surface area contributed by atoms with Gasteiger partial charge in [-0.3, -0.25) is 4.79 Å². The van der Waals surface area contributed by atoms with Gasteiger partial charge in [-0.15, -0.1) is 0 Å². The summed E-state index contributed by atoms with van der Waals surface area (Å²) < 4.78 is 2.15. The van der Waals surface area contributed by atoms with E-state index in [1.54, 1.807) is 0 Å². The lowest BCUT2D eigenvalue weighted by atomic mass is 9.86. The van der Waals surface area contributed by atoms with Crippen LogP contribution in [0.5, 0.6) is 0 Å². The highest BCUT2D eigenvalue weighted by Gasteiger charge is 2.32. The lowest BCUT2D eigenvalue weighted by Crippen LogP contribution is -2.44. The Hall–Kier alpha value is -2.14. The number of likely N-dealkylation sites (tertiary alicyclic amines) is 1. The Balaban J connectivity index is 1.33. The predicted octanol–water partition coefficient (Wildman–Crippen LogP) is 2.42. The van der Waals surface area contributed by atoms with E-state index >= 15 is 0 Å². The third-order valence-electron chi connectivity index (χ3n) is 5.76. The predicted molar refractivity (Wildman–Crippen MR) is 94.7 cm³/mol. The van der Waals surface area contributed by atoms with E-state index in [2.05, 4.69) is 9.55 Å². The average molecular weight is 339 g/mol. The fraction of sp³-hybridized carbons (Fsp3) is 0.500. The summed E-state index contributed by atoms with van der Waals surface area (Å²) in [5, 5.41) is 10.6. The summed E-state index contributed by atoms with van der Waals surface area (Å²) >= 11 is 0. The minimum Gasteiger partial charge on any atom is -0.388 e. The van der Waals surface area contributed by atoms with Crippen LogP contribution in [0.1, 0.15) is 36.6 Å². The lowest BCUT2D eigenvalue weighted by molar-refractivity contribution is -0.138. The molecule has 132 valence electrons. The van der Waals surface area contributed by atoms with E-state index in [0.717, 1.165) is 50.9 Å². The number of hydrogen-bond donors (Lipinski definition) is 1. The summed E-state index contributed by atoms with van der Waals surface area (Å²) in [6.07, 6.45) is 6.73. The second kappa shape index (κ2) is 7.00. The number of piperidine rings is 1. The summed E-state index contributed by atoms with van der Waals surface area (Å²) in [5.41, 5.74) is 2.15. The molecule has 1 fully saturated rings. The molecule has 2 aromatic rings. The van der Waals surface area contributed by atoms with E-state index in [9.17, 15) is 9.90 Å². The third kappa shape index (κ3) is 3.33. The van der Waals surface area contributed by atoms with Crippen LogP contribution in [0, 0.1) is 11.8 Å². The van der Waals surface area contributed by atoms with Crippen molar-refractivity contribution in [3.63, 3.8) is 0 Å². The molecular formula is C20H25N3O2. The summed E-state index contributed by atoms with van der Waals surface area (Å²) in [6.45, 7) is 2.39. The largest absolute Gasteiger partial charge is 0.388 e. The quantitative estimate of drug-likeness (QED) is 0.934. The Kier molecular flexibility index (Phi) is 4.57. The van der Waals surface area contributed by atoms with Crippen LogP contribution in [-0.2, 0) is 17.8 Å². The molecule has 4 rings (SSSR count). The SMILES string of the molecule is O=C(C1CCn2cncc2C1)N1CCC(C(O)c2ccccc2)CC1. The summed E-state index contributed by atoms with van der Waals surface area (Å²) in [5.74, 6) is 0.596. The van der Waals surface area contributed by atoms with Gasteiger partial charge in [0.25, 0.3) is 0 Å². The highest BCUT2D eigenvalue weighted by atomic mass is 16.3. The van der Waals surface area contributed by atoms with Crippen molar-refractivity contribution in [2.75, 3.05) is 13.1 Å². The van der Waals surface area contributed by atoms with Gasteiger partial charge in [-0.1, -0.05) is 30.3 Å². The molecule has 3 heterocycles. The number of nitrogens with zero attached hydrogens (tertiary/aromatic N) is 3. The van der Waals surface area contributed by atoms with Gasteiger partial charge >= 0.3 is 0 Å². The van der Waals surface area contributed by atoms with Crippen LogP contribution in [-0.4, -0.2) is 38.6 Å². The fourth-order valence-electron chi connectivity index (χ4n) is 4.20. The van der Waals surface area contributed by atoms with Gasteiger partial charge in [0.15, 0.2) is 0 Å². The number of fused-ring (bicyclic) bond motifs is 1. The maximum Gasteiger partial charge on any atom is 0.226 e. The van der Waals surface area contributed by atoms with Crippen molar-refractivity contribution in [1.29, 1.82) is 0 Å². The van der Waals surface area contributed by atoms with Crippen LogP contribution in [0.2, 0.25) is 0 Å². The lowest BCUT2D eigenvalue weighted by Gasteiger charge is -2.37. The van der Waals surface area contributed by atoms with Gasteiger partial charge in [0.2, 0.25) is 5.91 Å². The molecule has 0 aliphatic carbocycles. The number of amides is 1. The molecule has 0 radical (unpaired) electrons. The van der Waals surface area contributed by atoms with Gasteiger partial charge < -0.3 is 14.6 Å².